The number of piperidine rings is 1. The monoisotopic (exact) mass is 268 g/mol. The summed E-state index contributed by atoms with van der Waals surface area (Å²) in [5.41, 5.74) is 1.16. The van der Waals surface area contributed by atoms with E-state index in [1.54, 1.807) is 6.20 Å². The van der Waals surface area contributed by atoms with E-state index in [1.165, 1.54) is 12.8 Å². The summed E-state index contributed by atoms with van der Waals surface area (Å²) in [6.45, 7) is 2.27. The van der Waals surface area contributed by atoms with E-state index < -0.39 is 0 Å². The molecule has 0 aliphatic carbocycles. The summed E-state index contributed by atoms with van der Waals surface area (Å²) in [6, 6.07) is 12.0. The van der Waals surface area contributed by atoms with Crippen molar-refractivity contribution in [1.29, 1.82) is 0 Å². The first-order valence-corrected chi connectivity index (χ1v) is 7.25. The average molecular weight is 268 g/mol. The van der Waals surface area contributed by atoms with Crippen molar-refractivity contribution in [1.82, 2.24) is 15.3 Å². The third-order valence-electron chi connectivity index (χ3n) is 3.68. The maximum atomic E-state index is 4.69. The molecular weight excluding hydrogens is 248 g/mol. The Labute approximate surface area is 119 Å². The highest BCUT2D eigenvalue weighted by atomic mass is 15.1. The molecule has 0 unspecified atom stereocenters. The molecule has 0 saturated carbocycles. The maximum absolute atomic E-state index is 4.69. The van der Waals surface area contributed by atoms with Gasteiger partial charge in [0, 0.05) is 11.9 Å². The van der Waals surface area contributed by atoms with Gasteiger partial charge in [0.1, 0.15) is 11.6 Å². The van der Waals surface area contributed by atoms with Crippen molar-refractivity contribution in [3.63, 3.8) is 0 Å². The molecule has 0 radical (unpaired) electrons. The highest BCUT2D eigenvalue weighted by Crippen LogP contribution is 2.18. The van der Waals surface area contributed by atoms with Gasteiger partial charge in [-0.05, 0) is 62.5 Å². The van der Waals surface area contributed by atoms with Gasteiger partial charge < -0.3 is 10.6 Å². The van der Waals surface area contributed by atoms with Crippen LogP contribution in [0.2, 0.25) is 0 Å². The van der Waals surface area contributed by atoms with Crippen molar-refractivity contribution in [2.24, 2.45) is 5.92 Å². The van der Waals surface area contributed by atoms with E-state index in [0.29, 0.717) is 0 Å². The average Bonchev–Trinajstić information content (AvgIpc) is 2.50. The normalized spacial score (nSPS) is 16.0. The number of anilines is 2. The van der Waals surface area contributed by atoms with Crippen LogP contribution in [-0.4, -0.2) is 23.1 Å². The standard InChI is InChI=1S/C16H20N4/c1-2-9-18-15(5-1)20-16-6-3-4-14(19-16)12-13-7-10-17-11-8-13/h1-6,9,13,17H,7-8,10-12H2,(H,18,19,20). The lowest BCUT2D eigenvalue weighted by atomic mass is 9.93. The molecule has 0 atom stereocenters. The van der Waals surface area contributed by atoms with Crippen molar-refractivity contribution in [3.8, 4) is 0 Å². The molecule has 3 heterocycles. The van der Waals surface area contributed by atoms with E-state index in [4.69, 9.17) is 4.98 Å². The van der Waals surface area contributed by atoms with E-state index >= 15 is 0 Å². The molecule has 4 nitrogen and oxygen atoms in total. The summed E-state index contributed by atoms with van der Waals surface area (Å²) >= 11 is 0. The molecule has 4 heteroatoms. The number of nitrogens with zero attached hydrogens (tertiary/aromatic N) is 2. The van der Waals surface area contributed by atoms with Crippen molar-refractivity contribution in [2.75, 3.05) is 18.4 Å². The number of nitrogens with one attached hydrogen (secondary N) is 2. The molecule has 1 fully saturated rings. The molecule has 0 amide bonds. The molecule has 2 aromatic heterocycles. The topological polar surface area (TPSA) is 49.8 Å². The summed E-state index contributed by atoms with van der Waals surface area (Å²) in [5.74, 6) is 2.46. The van der Waals surface area contributed by atoms with Gasteiger partial charge in [-0.25, -0.2) is 9.97 Å². The molecule has 3 rings (SSSR count). The highest BCUT2D eigenvalue weighted by Gasteiger charge is 2.14. The third-order valence-corrected chi connectivity index (χ3v) is 3.68. The number of hydrogen-bond acceptors (Lipinski definition) is 4. The molecule has 0 bridgehead atoms. The maximum Gasteiger partial charge on any atom is 0.131 e. The second kappa shape index (κ2) is 6.48. The Morgan fingerprint density at radius 1 is 1.05 bits per heavy atom. The molecular formula is C16H20N4. The molecule has 1 aliphatic heterocycles. The number of aromatic nitrogens is 2. The number of hydrogen-bond donors (Lipinski definition) is 2. The first-order valence-electron chi connectivity index (χ1n) is 7.25. The SMILES string of the molecule is c1ccc(Nc2cccc(CC3CCNCC3)n2)nc1. The van der Waals surface area contributed by atoms with Crippen LogP contribution in [0.5, 0.6) is 0 Å². The van der Waals surface area contributed by atoms with Gasteiger partial charge in [0.2, 0.25) is 0 Å². The van der Waals surface area contributed by atoms with Gasteiger partial charge in [0.05, 0.1) is 0 Å². The van der Waals surface area contributed by atoms with Crippen molar-refractivity contribution in [3.05, 3.63) is 48.3 Å². The van der Waals surface area contributed by atoms with E-state index in [9.17, 15) is 0 Å². The Morgan fingerprint density at radius 3 is 2.70 bits per heavy atom. The Hall–Kier alpha value is -1.94. The smallest absolute Gasteiger partial charge is 0.131 e. The van der Waals surface area contributed by atoms with Gasteiger partial charge in [0.15, 0.2) is 0 Å². The fourth-order valence-electron chi connectivity index (χ4n) is 2.61. The second-order valence-electron chi connectivity index (χ2n) is 5.25. The zero-order valence-electron chi connectivity index (χ0n) is 11.5. The van der Waals surface area contributed by atoms with Gasteiger partial charge in [-0.3, -0.25) is 0 Å². The lowest BCUT2D eigenvalue weighted by Crippen LogP contribution is -2.28. The first-order chi connectivity index (χ1) is 9.90. The Kier molecular flexibility index (Phi) is 4.23. The summed E-state index contributed by atoms with van der Waals surface area (Å²) in [6.07, 6.45) is 5.35. The third kappa shape index (κ3) is 3.54. The lowest BCUT2D eigenvalue weighted by Gasteiger charge is -2.22. The van der Waals surface area contributed by atoms with Crippen LogP contribution in [0, 0.1) is 5.92 Å². The quantitative estimate of drug-likeness (QED) is 0.895. The van der Waals surface area contributed by atoms with Crippen LogP contribution in [0.15, 0.2) is 42.6 Å². The first kappa shape index (κ1) is 13.1. The van der Waals surface area contributed by atoms with Crippen LogP contribution in [0.4, 0.5) is 11.6 Å². The summed E-state index contributed by atoms with van der Waals surface area (Å²) in [7, 11) is 0. The minimum absolute atomic E-state index is 0.758. The molecule has 2 aromatic rings. The van der Waals surface area contributed by atoms with Crippen LogP contribution < -0.4 is 10.6 Å². The van der Waals surface area contributed by atoms with Crippen LogP contribution >= 0.6 is 0 Å². The molecule has 0 spiro atoms. The second-order valence-corrected chi connectivity index (χ2v) is 5.25. The molecule has 104 valence electrons. The molecule has 0 aromatic carbocycles. The molecule has 2 N–H and O–H groups in total. The van der Waals surface area contributed by atoms with Crippen LogP contribution in [0.25, 0.3) is 0 Å². The van der Waals surface area contributed by atoms with Gasteiger partial charge in [-0.1, -0.05) is 12.1 Å². The van der Waals surface area contributed by atoms with E-state index in [0.717, 1.165) is 42.8 Å². The fourth-order valence-corrected chi connectivity index (χ4v) is 2.61. The van der Waals surface area contributed by atoms with Gasteiger partial charge in [0.25, 0.3) is 0 Å². The summed E-state index contributed by atoms with van der Waals surface area (Å²) in [4.78, 5) is 8.95. The zero-order valence-corrected chi connectivity index (χ0v) is 11.5. The van der Waals surface area contributed by atoms with Gasteiger partial charge >= 0.3 is 0 Å². The van der Waals surface area contributed by atoms with Crippen LogP contribution in [-0.2, 0) is 6.42 Å². The fraction of sp³-hybridized carbons (Fsp3) is 0.375. The molecule has 20 heavy (non-hydrogen) atoms. The Balaban J connectivity index is 1.66. The van der Waals surface area contributed by atoms with E-state index in [2.05, 4.69) is 27.8 Å². The Morgan fingerprint density at radius 2 is 1.90 bits per heavy atom. The Bertz CT molecular complexity index is 535. The summed E-state index contributed by atoms with van der Waals surface area (Å²) < 4.78 is 0. The van der Waals surface area contributed by atoms with Crippen molar-refractivity contribution < 1.29 is 0 Å². The lowest BCUT2D eigenvalue weighted by molar-refractivity contribution is 0.370. The van der Waals surface area contributed by atoms with Crippen molar-refractivity contribution >= 4 is 11.6 Å². The molecule has 1 aliphatic rings. The van der Waals surface area contributed by atoms with Crippen LogP contribution in [0.3, 0.4) is 0 Å². The number of rotatable bonds is 4. The van der Waals surface area contributed by atoms with E-state index in [1.807, 2.05) is 24.3 Å². The summed E-state index contributed by atoms with van der Waals surface area (Å²) in [5, 5.41) is 6.65. The van der Waals surface area contributed by atoms with Crippen LogP contribution in [0.1, 0.15) is 18.5 Å². The number of pyridine rings is 2. The predicted octanol–water partition coefficient (Wildman–Crippen LogP) is 2.76. The minimum Gasteiger partial charge on any atom is -0.325 e. The highest BCUT2D eigenvalue weighted by molar-refractivity contribution is 5.51. The minimum atomic E-state index is 0.758. The van der Waals surface area contributed by atoms with E-state index in [-0.39, 0.29) is 0 Å². The predicted molar refractivity (Wildman–Crippen MR) is 81.1 cm³/mol. The molecule has 1 saturated heterocycles. The van der Waals surface area contributed by atoms with Gasteiger partial charge in [-0.2, -0.15) is 0 Å². The van der Waals surface area contributed by atoms with Gasteiger partial charge in [-0.15, -0.1) is 0 Å². The largest absolute Gasteiger partial charge is 0.325 e. The zero-order chi connectivity index (χ0) is 13.6. The van der Waals surface area contributed by atoms with Crippen molar-refractivity contribution in [2.45, 2.75) is 19.3 Å².